The second kappa shape index (κ2) is 14.1. The SMILES string of the molecule is CCCCCCOC(=O)C(C)(C)NP(=O)(CO[C@H](C)Cn1cnc2c(N)ccnc21)NC1(C(=O)OCC(C)C)CC1. The monoisotopic (exact) mass is 594 g/mol. The summed E-state index contributed by atoms with van der Waals surface area (Å²) in [5.41, 5.74) is 5.35. The molecule has 1 saturated carbocycles. The van der Waals surface area contributed by atoms with E-state index in [0.29, 0.717) is 36.2 Å². The number of ether oxygens (including phenoxy) is 3. The maximum atomic E-state index is 14.4. The summed E-state index contributed by atoms with van der Waals surface area (Å²) in [6.45, 7) is 12.0. The number of carbonyl (C=O) groups excluding carboxylic acids is 2. The zero-order valence-electron chi connectivity index (χ0n) is 25.3. The third-order valence-corrected chi connectivity index (χ3v) is 9.04. The Kier molecular flexibility index (Phi) is 11.3. The van der Waals surface area contributed by atoms with Crippen LogP contribution in [0.5, 0.6) is 0 Å². The Bertz CT molecular complexity index is 1230. The van der Waals surface area contributed by atoms with Gasteiger partial charge in [0.1, 0.15) is 22.9 Å². The number of hydrogen-bond donors (Lipinski definition) is 3. The van der Waals surface area contributed by atoms with Crippen LogP contribution in [-0.4, -0.2) is 63.2 Å². The van der Waals surface area contributed by atoms with Crippen LogP contribution in [0.25, 0.3) is 11.2 Å². The molecule has 230 valence electrons. The van der Waals surface area contributed by atoms with Crippen molar-refractivity contribution in [2.24, 2.45) is 5.92 Å². The van der Waals surface area contributed by atoms with Gasteiger partial charge in [-0.25, -0.2) is 20.1 Å². The third-order valence-electron chi connectivity index (χ3n) is 6.81. The van der Waals surface area contributed by atoms with Crippen LogP contribution in [0.1, 0.15) is 80.1 Å². The smallest absolute Gasteiger partial charge is 0.326 e. The lowest BCUT2D eigenvalue weighted by atomic mass is 10.1. The molecule has 0 amide bonds. The second-order valence-electron chi connectivity index (χ2n) is 11.9. The molecule has 13 heteroatoms. The highest BCUT2D eigenvalue weighted by Crippen LogP contribution is 2.49. The zero-order chi connectivity index (χ0) is 30.3. The molecule has 2 heterocycles. The van der Waals surface area contributed by atoms with Gasteiger partial charge in [0.05, 0.1) is 37.9 Å². The van der Waals surface area contributed by atoms with E-state index < -0.39 is 36.6 Å². The minimum Gasteiger partial charge on any atom is -0.464 e. The van der Waals surface area contributed by atoms with Crippen molar-refractivity contribution >= 4 is 36.2 Å². The molecule has 0 aromatic carbocycles. The number of rotatable bonds is 18. The molecule has 4 N–H and O–H groups in total. The average Bonchev–Trinajstić information content (AvgIpc) is 3.56. The number of nitrogens with zero attached hydrogens (tertiary/aromatic N) is 3. The molecule has 0 radical (unpaired) electrons. The largest absolute Gasteiger partial charge is 0.464 e. The summed E-state index contributed by atoms with van der Waals surface area (Å²) < 4.78 is 33.2. The molecule has 0 spiro atoms. The van der Waals surface area contributed by atoms with Crippen LogP contribution < -0.4 is 15.9 Å². The van der Waals surface area contributed by atoms with Crippen LogP contribution in [0.3, 0.4) is 0 Å². The standard InChI is InChI=1S/C28H47N6O6P/c1-7-8-9-10-15-38-25(35)27(5,6)32-41(37,33-28(12-13-28)26(36)39-17-20(2)3)19-40-21(4)16-34-18-31-23-22(29)11-14-30-24(23)34/h11,14,18,20-21H,7-10,12-13,15-17,19H2,1-6H3,(H2,29,30)(H2,32,33,37)/t21-,41?/m1/s1. The quantitative estimate of drug-likeness (QED) is 0.128. The number of nitrogens with two attached hydrogens (primary N) is 1. The van der Waals surface area contributed by atoms with E-state index in [1.807, 2.05) is 25.3 Å². The Morgan fingerprint density at radius 1 is 1.17 bits per heavy atom. The fourth-order valence-electron chi connectivity index (χ4n) is 4.35. The third kappa shape index (κ3) is 9.23. The minimum absolute atomic E-state index is 0.166. The summed E-state index contributed by atoms with van der Waals surface area (Å²) in [6, 6.07) is 1.69. The summed E-state index contributed by atoms with van der Waals surface area (Å²) in [4.78, 5) is 34.6. The molecule has 0 bridgehead atoms. The number of imidazole rings is 1. The van der Waals surface area contributed by atoms with Gasteiger partial charge in [0.25, 0.3) is 0 Å². The first kappa shape index (κ1) is 33.0. The van der Waals surface area contributed by atoms with Crippen molar-refractivity contribution in [2.45, 2.75) is 104 Å². The summed E-state index contributed by atoms with van der Waals surface area (Å²) in [6.07, 6.45) is 7.39. The number of pyridine rings is 1. The van der Waals surface area contributed by atoms with Gasteiger partial charge in [-0.1, -0.05) is 40.0 Å². The van der Waals surface area contributed by atoms with Crippen LogP contribution in [0.4, 0.5) is 5.69 Å². The number of aromatic nitrogens is 3. The fourth-order valence-corrected chi connectivity index (χ4v) is 7.00. The number of nitrogens with one attached hydrogen (secondary N) is 2. The van der Waals surface area contributed by atoms with Gasteiger partial charge >= 0.3 is 11.9 Å². The Morgan fingerprint density at radius 3 is 2.56 bits per heavy atom. The van der Waals surface area contributed by atoms with E-state index in [9.17, 15) is 14.2 Å². The first-order valence-corrected chi connectivity index (χ1v) is 16.4. The number of esters is 2. The van der Waals surface area contributed by atoms with Gasteiger partial charge < -0.3 is 24.5 Å². The first-order chi connectivity index (χ1) is 19.3. The topological polar surface area (TPSA) is 160 Å². The Hall–Kier alpha value is -2.53. The van der Waals surface area contributed by atoms with Crippen LogP contribution in [0.2, 0.25) is 0 Å². The molecule has 12 nitrogen and oxygen atoms in total. The van der Waals surface area contributed by atoms with Gasteiger partial charge in [-0.3, -0.25) is 14.2 Å². The molecule has 1 fully saturated rings. The van der Waals surface area contributed by atoms with Gasteiger partial charge in [-0.2, -0.15) is 0 Å². The van der Waals surface area contributed by atoms with Crippen LogP contribution in [0, 0.1) is 5.92 Å². The number of anilines is 1. The van der Waals surface area contributed by atoms with Crippen LogP contribution in [-0.2, 0) is 34.9 Å². The molecule has 2 aromatic rings. The van der Waals surface area contributed by atoms with Crippen molar-refractivity contribution < 1.29 is 28.4 Å². The van der Waals surface area contributed by atoms with E-state index in [2.05, 4.69) is 27.1 Å². The van der Waals surface area contributed by atoms with Gasteiger partial charge in [-0.05, 0) is 52.0 Å². The molecule has 2 atom stereocenters. The van der Waals surface area contributed by atoms with E-state index >= 15 is 0 Å². The predicted octanol–water partition coefficient (Wildman–Crippen LogP) is 4.38. The summed E-state index contributed by atoms with van der Waals surface area (Å²) in [5, 5.41) is 6.02. The van der Waals surface area contributed by atoms with Gasteiger partial charge in [-0.15, -0.1) is 0 Å². The highest BCUT2D eigenvalue weighted by Gasteiger charge is 2.56. The molecule has 41 heavy (non-hydrogen) atoms. The number of hydrogen-bond acceptors (Lipinski definition) is 9. The summed E-state index contributed by atoms with van der Waals surface area (Å²) >= 11 is 0. The molecule has 1 unspecified atom stereocenters. The van der Waals surface area contributed by atoms with Crippen molar-refractivity contribution in [1.82, 2.24) is 24.7 Å². The fraction of sp³-hybridized carbons (Fsp3) is 0.714. The normalized spacial score (nSPS) is 16.9. The minimum atomic E-state index is -3.69. The van der Waals surface area contributed by atoms with Crippen molar-refractivity contribution in [3.63, 3.8) is 0 Å². The van der Waals surface area contributed by atoms with Gasteiger partial charge in [0.2, 0.25) is 7.44 Å². The Labute approximate surface area is 242 Å². The highest BCUT2D eigenvalue weighted by atomic mass is 31.2. The molecular formula is C28H47N6O6P. The number of unbranched alkanes of at least 4 members (excludes halogenated alkanes) is 3. The highest BCUT2D eigenvalue weighted by molar-refractivity contribution is 7.59. The van der Waals surface area contributed by atoms with E-state index in [1.54, 1.807) is 32.4 Å². The van der Waals surface area contributed by atoms with Crippen molar-refractivity contribution in [3.05, 3.63) is 18.6 Å². The Balaban J connectivity index is 1.71. The second-order valence-corrected chi connectivity index (χ2v) is 14.1. The lowest BCUT2D eigenvalue weighted by molar-refractivity contribution is -0.149. The van der Waals surface area contributed by atoms with Crippen LogP contribution in [0.15, 0.2) is 18.6 Å². The van der Waals surface area contributed by atoms with Crippen molar-refractivity contribution in [2.75, 3.05) is 25.3 Å². The van der Waals surface area contributed by atoms with Crippen LogP contribution >= 0.6 is 7.44 Å². The van der Waals surface area contributed by atoms with E-state index in [-0.39, 0.29) is 25.5 Å². The Morgan fingerprint density at radius 2 is 1.90 bits per heavy atom. The van der Waals surface area contributed by atoms with E-state index in [0.717, 1.165) is 25.7 Å². The molecular weight excluding hydrogens is 547 g/mol. The number of carbonyl (C=O) groups is 2. The number of nitrogen functional groups attached to an aromatic ring is 1. The molecule has 1 aliphatic rings. The first-order valence-electron chi connectivity index (χ1n) is 14.5. The summed E-state index contributed by atoms with van der Waals surface area (Å²) in [7, 11) is -3.69. The maximum Gasteiger partial charge on any atom is 0.326 e. The zero-order valence-corrected chi connectivity index (χ0v) is 26.2. The number of fused-ring (bicyclic) bond motifs is 1. The lowest BCUT2D eigenvalue weighted by Crippen LogP contribution is -2.51. The molecule has 1 aliphatic carbocycles. The lowest BCUT2D eigenvalue weighted by Gasteiger charge is -2.33. The molecule has 0 aliphatic heterocycles. The average molecular weight is 595 g/mol. The predicted molar refractivity (Wildman–Crippen MR) is 158 cm³/mol. The molecule has 2 aromatic heterocycles. The van der Waals surface area contributed by atoms with E-state index in [4.69, 9.17) is 19.9 Å². The molecule has 0 saturated heterocycles. The van der Waals surface area contributed by atoms with Crippen molar-refractivity contribution in [1.29, 1.82) is 0 Å². The summed E-state index contributed by atoms with van der Waals surface area (Å²) in [5.74, 6) is -0.810. The van der Waals surface area contributed by atoms with Crippen molar-refractivity contribution in [3.8, 4) is 0 Å². The van der Waals surface area contributed by atoms with E-state index in [1.165, 1.54) is 0 Å². The molecule has 3 rings (SSSR count). The maximum absolute atomic E-state index is 14.4. The van der Waals surface area contributed by atoms with Gasteiger partial charge in [0, 0.05) is 6.20 Å². The van der Waals surface area contributed by atoms with Gasteiger partial charge in [0.15, 0.2) is 5.65 Å².